The van der Waals surface area contributed by atoms with Gasteiger partial charge in [-0.3, -0.25) is 4.90 Å². The maximum absolute atomic E-state index is 5.87. The number of hydrogen-bond acceptors (Lipinski definition) is 3. The maximum atomic E-state index is 5.87. The van der Waals surface area contributed by atoms with Crippen LogP contribution in [-0.2, 0) is 6.42 Å². The van der Waals surface area contributed by atoms with Crippen LogP contribution >= 0.6 is 12.4 Å². The SMILES string of the molecule is C=CCc1ccc(OCCN2CCCCC2)c(OC)c1.Cl. The van der Waals surface area contributed by atoms with E-state index < -0.39 is 0 Å². The van der Waals surface area contributed by atoms with Crippen LogP contribution in [-0.4, -0.2) is 38.3 Å². The molecular formula is C17H26ClNO2. The predicted octanol–water partition coefficient (Wildman–Crippen LogP) is 3.71. The van der Waals surface area contributed by atoms with Crippen LogP contribution in [0.3, 0.4) is 0 Å². The molecular weight excluding hydrogens is 286 g/mol. The van der Waals surface area contributed by atoms with Crippen molar-refractivity contribution in [1.29, 1.82) is 0 Å². The molecule has 1 fully saturated rings. The van der Waals surface area contributed by atoms with E-state index in [0.717, 1.165) is 31.1 Å². The number of piperidine rings is 1. The molecule has 0 unspecified atom stereocenters. The van der Waals surface area contributed by atoms with Crippen molar-refractivity contribution in [1.82, 2.24) is 4.90 Å². The molecule has 1 aromatic rings. The monoisotopic (exact) mass is 311 g/mol. The van der Waals surface area contributed by atoms with E-state index in [1.165, 1.54) is 37.9 Å². The first-order valence-electron chi connectivity index (χ1n) is 7.46. The molecule has 2 rings (SSSR count). The lowest BCUT2D eigenvalue weighted by Gasteiger charge is -2.26. The lowest BCUT2D eigenvalue weighted by atomic mass is 10.1. The fraction of sp³-hybridized carbons (Fsp3) is 0.529. The summed E-state index contributed by atoms with van der Waals surface area (Å²) in [6, 6.07) is 6.09. The summed E-state index contributed by atoms with van der Waals surface area (Å²) in [5.41, 5.74) is 1.19. The summed E-state index contributed by atoms with van der Waals surface area (Å²) in [5, 5.41) is 0. The van der Waals surface area contributed by atoms with Crippen LogP contribution in [0, 0.1) is 0 Å². The molecule has 1 aliphatic rings. The van der Waals surface area contributed by atoms with Crippen LogP contribution in [0.2, 0.25) is 0 Å². The Morgan fingerprint density at radius 1 is 1.19 bits per heavy atom. The van der Waals surface area contributed by atoms with Crippen molar-refractivity contribution < 1.29 is 9.47 Å². The summed E-state index contributed by atoms with van der Waals surface area (Å²) in [5.74, 6) is 1.64. The summed E-state index contributed by atoms with van der Waals surface area (Å²) in [7, 11) is 1.69. The highest BCUT2D eigenvalue weighted by atomic mass is 35.5. The molecule has 21 heavy (non-hydrogen) atoms. The van der Waals surface area contributed by atoms with Crippen molar-refractivity contribution in [3.8, 4) is 11.5 Å². The summed E-state index contributed by atoms with van der Waals surface area (Å²) in [6.45, 7) is 7.89. The van der Waals surface area contributed by atoms with E-state index >= 15 is 0 Å². The Bertz CT molecular complexity index is 431. The minimum absolute atomic E-state index is 0. The van der Waals surface area contributed by atoms with E-state index in [2.05, 4.69) is 17.5 Å². The summed E-state index contributed by atoms with van der Waals surface area (Å²) >= 11 is 0. The van der Waals surface area contributed by atoms with Gasteiger partial charge >= 0.3 is 0 Å². The minimum atomic E-state index is 0. The minimum Gasteiger partial charge on any atom is -0.493 e. The number of nitrogens with zero attached hydrogens (tertiary/aromatic N) is 1. The molecule has 1 saturated heterocycles. The fourth-order valence-corrected chi connectivity index (χ4v) is 2.59. The van der Waals surface area contributed by atoms with Crippen molar-refractivity contribution >= 4 is 12.4 Å². The van der Waals surface area contributed by atoms with E-state index in [1.807, 2.05) is 18.2 Å². The van der Waals surface area contributed by atoms with Crippen molar-refractivity contribution in [3.05, 3.63) is 36.4 Å². The largest absolute Gasteiger partial charge is 0.493 e. The Morgan fingerprint density at radius 2 is 1.95 bits per heavy atom. The second kappa shape index (κ2) is 9.69. The molecule has 0 radical (unpaired) electrons. The topological polar surface area (TPSA) is 21.7 Å². The van der Waals surface area contributed by atoms with E-state index in [1.54, 1.807) is 7.11 Å². The van der Waals surface area contributed by atoms with Gasteiger partial charge in [-0.15, -0.1) is 19.0 Å². The Labute approximate surface area is 134 Å². The first-order valence-corrected chi connectivity index (χ1v) is 7.46. The van der Waals surface area contributed by atoms with Crippen LogP contribution in [0.15, 0.2) is 30.9 Å². The van der Waals surface area contributed by atoms with Gasteiger partial charge in [0.25, 0.3) is 0 Å². The number of benzene rings is 1. The Balaban J connectivity index is 0.00000220. The van der Waals surface area contributed by atoms with Gasteiger partial charge in [-0.25, -0.2) is 0 Å². The zero-order chi connectivity index (χ0) is 14.2. The second-order valence-corrected chi connectivity index (χ2v) is 5.23. The van der Waals surface area contributed by atoms with E-state index in [4.69, 9.17) is 9.47 Å². The first-order chi connectivity index (χ1) is 9.83. The Morgan fingerprint density at radius 3 is 2.62 bits per heavy atom. The van der Waals surface area contributed by atoms with Crippen molar-refractivity contribution in [2.45, 2.75) is 25.7 Å². The number of methoxy groups -OCH3 is 1. The number of hydrogen-bond donors (Lipinski definition) is 0. The molecule has 1 aromatic carbocycles. The number of halogens is 1. The fourth-order valence-electron chi connectivity index (χ4n) is 2.59. The predicted molar refractivity (Wildman–Crippen MR) is 89.9 cm³/mol. The Kier molecular flexibility index (Phi) is 8.24. The molecule has 0 bridgehead atoms. The molecule has 1 heterocycles. The van der Waals surface area contributed by atoms with Gasteiger partial charge in [0.05, 0.1) is 7.11 Å². The van der Waals surface area contributed by atoms with Crippen LogP contribution in [0.5, 0.6) is 11.5 Å². The van der Waals surface area contributed by atoms with Gasteiger partial charge in [-0.1, -0.05) is 18.6 Å². The standard InChI is InChI=1S/C17H25NO2.ClH/c1-3-7-15-8-9-16(17(14-15)19-2)20-13-12-18-10-5-4-6-11-18;/h3,8-9,14H,1,4-7,10-13H2,2H3;1H. The molecule has 0 atom stereocenters. The lowest BCUT2D eigenvalue weighted by Crippen LogP contribution is -2.33. The maximum Gasteiger partial charge on any atom is 0.161 e. The normalized spacial score (nSPS) is 15.1. The van der Waals surface area contributed by atoms with Gasteiger partial charge in [0.1, 0.15) is 6.61 Å². The van der Waals surface area contributed by atoms with Crippen LogP contribution in [0.25, 0.3) is 0 Å². The molecule has 0 saturated carbocycles. The smallest absolute Gasteiger partial charge is 0.161 e. The zero-order valence-electron chi connectivity index (χ0n) is 12.8. The molecule has 3 nitrogen and oxygen atoms in total. The summed E-state index contributed by atoms with van der Waals surface area (Å²) in [4.78, 5) is 2.47. The van der Waals surface area contributed by atoms with Gasteiger partial charge in [0.2, 0.25) is 0 Å². The second-order valence-electron chi connectivity index (χ2n) is 5.23. The first kappa shape index (κ1) is 17.9. The molecule has 0 aromatic heterocycles. The molecule has 0 amide bonds. The molecule has 0 spiro atoms. The molecule has 0 aliphatic carbocycles. The number of rotatable bonds is 7. The van der Waals surface area contributed by atoms with Gasteiger partial charge in [-0.05, 0) is 50.0 Å². The zero-order valence-corrected chi connectivity index (χ0v) is 13.7. The summed E-state index contributed by atoms with van der Waals surface area (Å²) < 4.78 is 11.3. The average molecular weight is 312 g/mol. The van der Waals surface area contributed by atoms with Gasteiger partial charge < -0.3 is 9.47 Å². The lowest BCUT2D eigenvalue weighted by molar-refractivity contribution is 0.180. The van der Waals surface area contributed by atoms with Gasteiger partial charge in [0, 0.05) is 6.54 Å². The van der Waals surface area contributed by atoms with Crippen LogP contribution < -0.4 is 9.47 Å². The van der Waals surface area contributed by atoms with E-state index in [0.29, 0.717) is 0 Å². The highest BCUT2D eigenvalue weighted by molar-refractivity contribution is 5.85. The van der Waals surface area contributed by atoms with E-state index in [9.17, 15) is 0 Å². The Hall–Kier alpha value is -1.19. The third-order valence-electron chi connectivity index (χ3n) is 3.72. The average Bonchev–Trinajstić information content (AvgIpc) is 2.50. The van der Waals surface area contributed by atoms with Crippen molar-refractivity contribution in [2.75, 3.05) is 33.4 Å². The van der Waals surface area contributed by atoms with Crippen LogP contribution in [0.4, 0.5) is 0 Å². The van der Waals surface area contributed by atoms with E-state index in [-0.39, 0.29) is 12.4 Å². The van der Waals surface area contributed by atoms with Crippen LogP contribution in [0.1, 0.15) is 24.8 Å². The molecule has 1 aliphatic heterocycles. The molecule has 118 valence electrons. The third-order valence-corrected chi connectivity index (χ3v) is 3.72. The van der Waals surface area contributed by atoms with Crippen molar-refractivity contribution in [2.24, 2.45) is 0 Å². The highest BCUT2D eigenvalue weighted by Gasteiger charge is 2.10. The van der Waals surface area contributed by atoms with Crippen molar-refractivity contribution in [3.63, 3.8) is 0 Å². The number of allylic oxidation sites excluding steroid dienone is 1. The summed E-state index contributed by atoms with van der Waals surface area (Å²) in [6.07, 6.45) is 6.76. The molecule has 0 N–H and O–H groups in total. The number of ether oxygens (including phenoxy) is 2. The molecule has 4 heteroatoms. The quantitative estimate of drug-likeness (QED) is 0.717. The third kappa shape index (κ3) is 5.60. The van der Waals surface area contributed by atoms with Gasteiger partial charge in [0.15, 0.2) is 11.5 Å². The highest BCUT2D eigenvalue weighted by Crippen LogP contribution is 2.28. The number of likely N-dealkylation sites (tertiary alicyclic amines) is 1. The van der Waals surface area contributed by atoms with Gasteiger partial charge in [-0.2, -0.15) is 0 Å².